The first-order valence-electron chi connectivity index (χ1n) is 12.4. The number of carbonyl (C=O) groups excluding carboxylic acids is 3. The van der Waals surface area contributed by atoms with Crippen molar-refractivity contribution in [2.24, 2.45) is 11.8 Å². The Morgan fingerprint density at radius 2 is 2.03 bits per heavy atom. The molecular formula is C26H33N5O5. The second-order valence-electron chi connectivity index (χ2n) is 9.71. The van der Waals surface area contributed by atoms with Crippen LogP contribution in [0.5, 0.6) is 0 Å². The van der Waals surface area contributed by atoms with Gasteiger partial charge in [0.05, 0.1) is 42.8 Å². The number of aryl methyl sites for hydroxylation is 1. The molecule has 2 amide bonds. The van der Waals surface area contributed by atoms with Gasteiger partial charge in [0, 0.05) is 26.1 Å². The molecule has 4 atom stereocenters. The average molecular weight is 496 g/mol. The average Bonchev–Trinajstić information content (AvgIpc) is 2.92. The molecule has 2 saturated heterocycles. The zero-order chi connectivity index (χ0) is 25.7. The summed E-state index contributed by atoms with van der Waals surface area (Å²) in [5, 5.41) is 24.9. The number of nitriles is 1. The quantitative estimate of drug-likeness (QED) is 0.331. The molecule has 3 aliphatic rings. The van der Waals surface area contributed by atoms with E-state index in [1.54, 1.807) is 16.4 Å². The lowest BCUT2D eigenvalue weighted by molar-refractivity contribution is -0.142. The summed E-state index contributed by atoms with van der Waals surface area (Å²) in [6, 6.07) is 6.37. The third-order valence-electron chi connectivity index (χ3n) is 7.38. The number of amides is 2. The van der Waals surface area contributed by atoms with E-state index in [1.165, 1.54) is 0 Å². The first kappa shape index (κ1) is 26.0. The number of morpholine rings is 1. The number of hydroxylamine groups is 1. The molecule has 0 aromatic heterocycles. The van der Waals surface area contributed by atoms with E-state index in [0.29, 0.717) is 57.8 Å². The predicted octanol–water partition coefficient (Wildman–Crippen LogP) is 0.530. The molecule has 1 aromatic carbocycles. The van der Waals surface area contributed by atoms with Crippen LogP contribution in [0.4, 0.5) is 0 Å². The predicted molar refractivity (Wildman–Crippen MR) is 131 cm³/mol. The number of nitrogens with one attached hydrogen (secondary N) is 3. The molecule has 1 unspecified atom stereocenters. The van der Waals surface area contributed by atoms with Crippen LogP contribution >= 0.6 is 0 Å². The number of piperidine rings is 1. The van der Waals surface area contributed by atoms with Gasteiger partial charge in [-0.15, -0.1) is 0 Å². The van der Waals surface area contributed by atoms with Crippen LogP contribution in [-0.2, 0) is 19.1 Å². The molecule has 0 radical (unpaired) electrons. The van der Waals surface area contributed by atoms with Gasteiger partial charge >= 0.3 is 0 Å². The third kappa shape index (κ3) is 5.82. The highest BCUT2D eigenvalue weighted by Gasteiger charge is 2.42. The van der Waals surface area contributed by atoms with Crippen LogP contribution in [0.25, 0.3) is 5.57 Å². The van der Waals surface area contributed by atoms with Gasteiger partial charge in [0.15, 0.2) is 5.78 Å². The molecule has 4 N–H and O–H groups in total. The Morgan fingerprint density at radius 3 is 2.72 bits per heavy atom. The molecule has 3 heterocycles. The molecule has 0 aliphatic carbocycles. The van der Waals surface area contributed by atoms with Gasteiger partial charge in [0.25, 0.3) is 0 Å². The van der Waals surface area contributed by atoms with Gasteiger partial charge in [0.2, 0.25) is 11.8 Å². The van der Waals surface area contributed by atoms with Crippen LogP contribution in [0.3, 0.4) is 0 Å². The topological polar surface area (TPSA) is 144 Å². The van der Waals surface area contributed by atoms with Gasteiger partial charge in [-0.1, -0.05) is 12.1 Å². The molecule has 10 heteroatoms. The SMILES string of the molecule is Cc1cc(C#N)ccc1C1=CCNC(C(=O)[C@H]2NC[C@H](CC(=O)N3CCOCC3)C[C@@H]2C(=O)NO)C1. The number of benzene rings is 1. The van der Waals surface area contributed by atoms with E-state index in [4.69, 9.17) is 10.00 Å². The monoisotopic (exact) mass is 495 g/mol. The summed E-state index contributed by atoms with van der Waals surface area (Å²) in [4.78, 5) is 40.6. The zero-order valence-electron chi connectivity index (χ0n) is 20.5. The van der Waals surface area contributed by atoms with Crippen molar-refractivity contribution >= 4 is 23.2 Å². The number of rotatable bonds is 6. The summed E-state index contributed by atoms with van der Waals surface area (Å²) in [6.45, 7) is 5.04. The van der Waals surface area contributed by atoms with Crippen LogP contribution in [0.1, 0.15) is 36.0 Å². The molecule has 0 spiro atoms. The highest BCUT2D eigenvalue weighted by Crippen LogP contribution is 2.30. The molecule has 4 rings (SSSR count). The van der Waals surface area contributed by atoms with Crippen molar-refractivity contribution in [3.63, 3.8) is 0 Å². The van der Waals surface area contributed by atoms with E-state index in [1.807, 2.05) is 25.1 Å². The smallest absolute Gasteiger partial charge is 0.248 e. The minimum atomic E-state index is -0.786. The first-order chi connectivity index (χ1) is 17.4. The number of nitrogens with zero attached hydrogens (tertiary/aromatic N) is 2. The lowest BCUT2D eigenvalue weighted by Gasteiger charge is -2.38. The maximum atomic E-state index is 13.6. The maximum absolute atomic E-state index is 13.6. The molecule has 2 fully saturated rings. The summed E-state index contributed by atoms with van der Waals surface area (Å²) in [5.74, 6) is -1.66. The summed E-state index contributed by atoms with van der Waals surface area (Å²) in [6.07, 6.45) is 3.10. The fraction of sp³-hybridized carbons (Fsp3) is 0.538. The number of hydrogen-bond donors (Lipinski definition) is 4. The molecule has 36 heavy (non-hydrogen) atoms. The number of carbonyl (C=O) groups is 3. The Hall–Kier alpha value is -3.10. The second-order valence-corrected chi connectivity index (χ2v) is 9.71. The lowest BCUT2D eigenvalue weighted by Crippen LogP contribution is -2.59. The number of hydrogen-bond acceptors (Lipinski definition) is 8. The van der Waals surface area contributed by atoms with Gasteiger partial charge in [-0.25, -0.2) is 5.48 Å². The number of Topliss-reactive ketones (excluding diaryl/α,β-unsaturated/α-hetero) is 1. The first-order valence-corrected chi connectivity index (χ1v) is 12.4. The van der Waals surface area contributed by atoms with Crippen molar-refractivity contribution in [3.8, 4) is 6.07 Å². The summed E-state index contributed by atoms with van der Waals surface area (Å²) in [5.41, 5.74) is 5.28. The minimum absolute atomic E-state index is 0.0135. The van der Waals surface area contributed by atoms with Crippen molar-refractivity contribution in [2.45, 2.75) is 38.3 Å². The van der Waals surface area contributed by atoms with Gasteiger partial charge in [-0.2, -0.15) is 5.26 Å². The largest absolute Gasteiger partial charge is 0.378 e. The van der Waals surface area contributed by atoms with Crippen molar-refractivity contribution in [1.82, 2.24) is 21.0 Å². The molecule has 192 valence electrons. The van der Waals surface area contributed by atoms with Gasteiger partial charge in [-0.05, 0) is 61.1 Å². The van der Waals surface area contributed by atoms with Crippen molar-refractivity contribution < 1.29 is 24.3 Å². The third-order valence-corrected chi connectivity index (χ3v) is 7.38. The minimum Gasteiger partial charge on any atom is -0.378 e. The van der Waals surface area contributed by atoms with E-state index in [9.17, 15) is 19.6 Å². The normalized spacial score (nSPS) is 26.5. The molecular weight excluding hydrogens is 462 g/mol. The van der Waals surface area contributed by atoms with Gasteiger partial charge < -0.3 is 20.3 Å². The maximum Gasteiger partial charge on any atom is 0.248 e. The Bertz CT molecular complexity index is 1070. The number of ether oxygens (including phenoxy) is 1. The molecule has 3 aliphatic heterocycles. The van der Waals surface area contributed by atoms with E-state index in [-0.39, 0.29) is 24.0 Å². The Morgan fingerprint density at radius 1 is 1.25 bits per heavy atom. The molecule has 1 aromatic rings. The summed E-state index contributed by atoms with van der Waals surface area (Å²) >= 11 is 0. The van der Waals surface area contributed by atoms with Crippen molar-refractivity contribution in [1.29, 1.82) is 5.26 Å². The van der Waals surface area contributed by atoms with E-state index >= 15 is 0 Å². The number of ketones is 1. The highest BCUT2D eigenvalue weighted by atomic mass is 16.5. The zero-order valence-corrected chi connectivity index (χ0v) is 20.5. The van der Waals surface area contributed by atoms with E-state index in [2.05, 4.69) is 16.7 Å². The molecule has 0 saturated carbocycles. The Kier molecular flexibility index (Phi) is 8.48. The summed E-state index contributed by atoms with van der Waals surface area (Å²) < 4.78 is 5.31. The fourth-order valence-corrected chi connectivity index (χ4v) is 5.43. The summed E-state index contributed by atoms with van der Waals surface area (Å²) in [7, 11) is 0. The van der Waals surface area contributed by atoms with Crippen molar-refractivity contribution in [3.05, 3.63) is 41.0 Å². The van der Waals surface area contributed by atoms with Gasteiger partial charge in [-0.3, -0.25) is 19.6 Å². The Labute approximate surface area is 210 Å². The molecule has 10 nitrogen and oxygen atoms in total. The van der Waals surface area contributed by atoms with Crippen LogP contribution in [0.2, 0.25) is 0 Å². The van der Waals surface area contributed by atoms with Crippen LogP contribution in [0, 0.1) is 30.1 Å². The van der Waals surface area contributed by atoms with Crippen LogP contribution in [-0.4, -0.2) is 79.2 Å². The fourth-order valence-electron chi connectivity index (χ4n) is 5.43. The van der Waals surface area contributed by atoms with Crippen LogP contribution in [0.15, 0.2) is 24.3 Å². The van der Waals surface area contributed by atoms with E-state index in [0.717, 1.165) is 16.7 Å². The molecule has 0 bridgehead atoms. The van der Waals surface area contributed by atoms with Crippen LogP contribution < -0.4 is 16.1 Å². The highest BCUT2D eigenvalue weighted by molar-refractivity contribution is 5.96. The van der Waals surface area contributed by atoms with Gasteiger partial charge in [0.1, 0.15) is 0 Å². The van der Waals surface area contributed by atoms with Crippen molar-refractivity contribution in [2.75, 3.05) is 39.4 Å². The Balaban J connectivity index is 1.43. The second kappa shape index (κ2) is 11.8. The van der Waals surface area contributed by atoms with E-state index < -0.39 is 23.9 Å². The standard InChI is InChI=1S/C26H33N5O5/c1-16-10-17(14-27)2-3-20(16)19-4-5-28-22(13-19)25(33)24-21(26(34)30-35)11-18(15-29-24)12-23(32)31-6-8-36-9-7-31/h2-4,10,18,21-22,24,28-29,35H,5-9,11-13,15H2,1H3,(H,30,34)/t18-,21-,22?,24-/m0/s1. The lowest BCUT2D eigenvalue weighted by atomic mass is 9.78.